The molecule has 10 aromatic carbocycles. The Kier molecular flexibility index (Phi) is 6.59. The Balaban J connectivity index is 1.25. The van der Waals surface area contributed by atoms with Crippen LogP contribution in [-0.2, 0) is 5.41 Å². The first-order chi connectivity index (χ1) is 33.2. The van der Waals surface area contributed by atoms with Crippen molar-refractivity contribution in [2.24, 2.45) is 0 Å². The van der Waals surface area contributed by atoms with Crippen LogP contribution in [-0.4, -0.2) is 4.57 Å². The van der Waals surface area contributed by atoms with Gasteiger partial charge >= 0.3 is 0 Å². The fourth-order valence-electron chi connectivity index (χ4n) is 9.78. The Bertz CT molecular complexity index is 3830. The van der Waals surface area contributed by atoms with Crippen molar-refractivity contribution >= 4 is 49.6 Å². The number of fused-ring (bicyclic) bond motifs is 7. The number of para-hydroxylation sites is 5. The minimum absolute atomic E-state index is 0.0857. The molecule has 1 aromatic heterocycles. The summed E-state index contributed by atoms with van der Waals surface area (Å²) in [5.41, 5.74) is 10.5. The van der Waals surface area contributed by atoms with Gasteiger partial charge in [0.25, 0.3) is 0 Å². The third kappa shape index (κ3) is 5.36. The summed E-state index contributed by atoms with van der Waals surface area (Å²) in [7, 11) is 0. The Labute approximate surface area is 365 Å². The molecule has 1 aliphatic carbocycles. The van der Waals surface area contributed by atoms with Crippen LogP contribution in [0.3, 0.4) is 0 Å². The molecular weight excluding hydrogens is 737 g/mol. The van der Waals surface area contributed by atoms with E-state index in [9.17, 15) is 5.48 Å². The SMILES string of the molecule is [2H]c1c([2H])c([2H])c2c([2H])c(C3(c4cccc5c6ccccc6n(-c6ccccc6)c45)c4ccccc4-c4cc(N(c5ccccc5)c5ccccc5-c5ccccc5)ccc43)c([2H])c([2H])c2c1[2H]. The zero-order valence-corrected chi connectivity index (χ0v) is 32.9. The summed E-state index contributed by atoms with van der Waals surface area (Å²) in [4.78, 5) is 2.26. The van der Waals surface area contributed by atoms with Crippen LogP contribution in [0.4, 0.5) is 17.1 Å². The van der Waals surface area contributed by atoms with E-state index < -0.39 is 29.6 Å². The highest BCUT2D eigenvalue weighted by atomic mass is 15.1. The summed E-state index contributed by atoms with van der Waals surface area (Å²) in [5, 5.41) is 1.76. The smallest absolute Gasteiger partial charge is 0.0734 e. The number of benzene rings is 10. The predicted molar refractivity (Wildman–Crippen MR) is 256 cm³/mol. The molecule has 1 aliphatic rings. The molecule has 12 rings (SSSR count). The van der Waals surface area contributed by atoms with Gasteiger partial charge in [-0.05, 0) is 104 Å². The van der Waals surface area contributed by atoms with E-state index in [2.05, 4.69) is 125 Å². The molecule has 2 nitrogen and oxygen atoms in total. The first-order valence-electron chi connectivity index (χ1n) is 24.0. The third-order valence-corrected chi connectivity index (χ3v) is 12.3. The Hall–Kier alpha value is -7.94. The number of hydrogen-bond donors (Lipinski definition) is 0. The van der Waals surface area contributed by atoms with Gasteiger partial charge in [0, 0.05) is 33.4 Å². The standard InChI is InChI=1S/C59H40N2/c1-4-20-42(21-5-1)48-27-13-16-33-56(48)60(45-23-6-2-7-24-45)47-37-38-54-52(40-47)49-28-12-15-31-53(49)59(54,44-36-35-41-19-10-11-22-43(41)39-44)55-32-18-30-51-50-29-14-17-34-57(50)61(58(51)55)46-25-8-3-9-26-46/h1-40H/i10D,11D,19D,22D,35D,36D,39D. The van der Waals surface area contributed by atoms with Gasteiger partial charge in [-0.2, -0.15) is 0 Å². The molecular formula is C59H40N2. The van der Waals surface area contributed by atoms with E-state index in [0.29, 0.717) is 0 Å². The third-order valence-electron chi connectivity index (χ3n) is 12.3. The highest BCUT2D eigenvalue weighted by Gasteiger charge is 2.48. The molecule has 286 valence electrons. The topological polar surface area (TPSA) is 8.17 Å². The molecule has 0 bridgehead atoms. The van der Waals surface area contributed by atoms with E-state index in [1.165, 1.54) is 0 Å². The van der Waals surface area contributed by atoms with Crippen LogP contribution in [0.1, 0.15) is 31.8 Å². The van der Waals surface area contributed by atoms with Crippen molar-refractivity contribution in [1.29, 1.82) is 0 Å². The van der Waals surface area contributed by atoms with Crippen LogP contribution >= 0.6 is 0 Å². The lowest BCUT2D eigenvalue weighted by Gasteiger charge is -2.35. The quantitative estimate of drug-likeness (QED) is 0.156. The molecule has 2 heteroatoms. The molecule has 1 heterocycles. The summed E-state index contributed by atoms with van der Waals surface area (Å²) in [6.45, 7) is 0. The number of aromatic nitrogens is 1. The second-order valence-electron chi connectivity index (χ2n) is 15.5. The number of anilines is 3. The van der Waals surface area contributed by atoms with Gasteiger partial charge in [0.15, 0.2) is 0 Å². The number of hydrogen-bond acceptors (Lipinski definition) is 1. The maximum absolute atomic E-state index is 10.3. The molecule has 61 heavy (non-hydrogen) atoms. The van der Waals surface area contributed by atoms with Crippen molar-refractivity contribution in [1.82, 2.24) is 4.57 Å². The van der Waals surface area contributed by atoms with E-state index in [1.54, 1.807) is 0 Å². The minimum atomic E-state index is -1.46. The maximum Gasteiger partial charge on any atom is 0.0734 e. The molecule has 0 amide bonds. The van der Waals surface area contributed by atoms with Crippen molar-refractivity contribution in [2.75, 3.05) is 4.90 Å². The van der Waals surface area contributed by atoms with Crippen LogP contribution in [0, 0.1) is 0 Å². The van der Waals surface area contributed by atoms with E-state index in [4.69, 9.17) is 4.11 Å². The lowest BCUT2D eigenvalue weighted by molar-refractivity contribution is 0.773. The van der Waals surface area contributed by atoms with Gasteiger partial charge in [0.05, 0.1) is 31.7 Å². The van der Waals surface area contributed by atoms with Crippen LogP contribution in [0.15, 0.2) is 242 Å². The van der Waals surface area contributed by atoms with Crippen molar-refractivity contribution in [3.05, 3.63) is 265 Å². The largest absolute Gasteiger partial charge is 0.310 e. The van der Waals surface area contributed by atoms with Gasteiger partial charge < -0.3 is 9.47 Å². The molecule has 0 N–H and O–H groups in total. The van der Waals surface area contributed by atoms with Crippen LogP contribution < -0.4 is 4.90 Å². The highest BCUT2D eigenvalue weighted by molar-refractivity contribution is 6.11. The van der Waals surface area contributed by atoms with E-state index in [1.807, 2.05) is 84.9 Å². The monoisotopic (exact) mass is 783 g/mol. The normalized spacial score (nSPS) is 15.9. The van der Waals surface area contributed by atoms with Crippen LogP contribution in [0.5, 0.6) is 0 Å². The first kappa shape index (κ1) is 28.5. The maximum atomic E-state index is 10.3. The summed E-state index contributed by atoms with van der Waals surface area (Å²) >= 11 is 0. The molecule has 0 radical (unpaired) electrons. The van der Waals surface area contributed by atoms with Crippen LogP contribution in [0.2, 0.25) is 0 Å². The van der Waals surface area contributed by atoms with E-state index in [0.717, 1.165) is 83.5 Å². The average Bonchev–Trinajstić information content (AvgIpc) is 3.88. The van der Waals surface area contributed by atoms with Gasteiger partial charge in [-0.25, -0.2) is 0 Å². The second kappa shape index (κ2) is 14.1. The van der Waals surface area contributed by atoms with E-state index >= 15 is 0 Å². The molecule has 0 fully saturated rings. The first-order valence-corrected chi connectivity index (χ1v) is 20.5. The lowest BCUT2D eigenvalue weighted by atomic mass is 9.67. The van der Waals surface area contributed by atoms with Crippen molar-refractivity contribution in [3.63, 3.8) is 0 Å². The van der Waals surface area contributed by atoms with Crippen molar-refractivity contribution < 1.29 is 9.60 Å². The molecule has 1 atom stereocenters. The molecule has 0 saturated carbocycles. The second-order valence-corrected chi connectivity index (χ2v) is 15.5. The summed E-state index contributed by atoms with van der Waals surface area (Å²) in [5.74, 6) is 0. The summed E-state index contributed by atoms with van der Waals surface area (Å²) in [6.07, 6.45) is 0. The van der Waals surface area contributed by atoms with Gasteiger partial charge in [-0.15, -0.1) is 0 Å². The number of nitrogens with zero attached hydrogens (tertiary/aromatic N) is 2. The van der Waals surface area contributed by atoms with Gasteiger partial charge in [0.1, 0.15) is 0 Å². The molecule has 0 spiro atoms. The van der Waals surface area contributed by atoms with Crippen LogP contribution in [0.25, 0.3) is 60.5 Å². The van der Waals surface area contributed by atoms with Gasteiger partial charge in [-0.3, -0.25) is 0 Å². The molecule has 0 aliphatic heterocycles. The van der Waals surface area contributed by atoms with Crippen molar-refractivity contribution in [3.8, 4) is 27.9 Å². The average molecular weight is 784 g/mol. The molecule has 1 unspecified atom stereocenters. The minimum Gasteiger partial charge on any atom is -0.310 e. The molecule has 0 saturated heterocycles. The number of rotatable bonds is 7. The summed E-state index contributed by atoms with van der Waals surface area (Å²) in [6, 6.07) is 65.4. The predicted octanol–water partition coefficient (Wildman–Crippen LogP) is 15.4. The van der Waals surface area contributed by atoms with Crippen molar-refractivity contribution in [2.45, 2.75) is 5.41 Å². The zero-order chi connectivity index (χ0) is 46.4. The Morgan fingerprint density at radius 2 is 1.08 bits per heavy atom. The fourth-order valence-corrected chi connectivity index (χ4v) is 9.78. The fraction of sp³-hybridized carbons (Fsp3) is 0.0169. The lowest BCUT2D eigenvalue weighted by Crippen LogP contribution is -2.29. The highest BCUT2D eigenvalue weighted by Crippen LogP contribution is 2.59. The summed E-state index contributed by atoms with van der Waals surface area (Å²) < 4.78 is 68.0. The Morgan fingerprint density at radius 3 is 1.92 bits per heavy atom. The zero-order valence-electron chi connectivity index (χ0n) is 39.9. The molecule has 11 aromatic rings. The Morgan fingerprint density at radius 1 is 0.443 bits per heavy atom. The van der Waals surface area contributed by atoms with Gasteiger partial charge in [0.2, 0.25) is 0 Å². The van der Waals surface area contributed by atoms with Gasteiger partial charge in [-0.1, -0.05) is 188 Å². The van der Waals surface area contributed by atoms with E-state index in [-0.39, 0.29) is 34.5 Å².